The molecule has 0 unspecified atom stereocenters. The molecular weight excluding hydrogens is 313 g/mol. The van der Waals surface area contributed by atoms with Gasteiger partial charge in [0.15, 0.2) is 5.76 Å². The van der Waals surface area contributed by atoms with E-state index in [0.717, 1.165) is 10.5 Å². The van der Waals surface area contributed by atoms with Crippen molar-refractivity contribution in [2.45, 2.75) is 4.90 Å². The SMILES string of the molecule is CSc1cccc(NC(=O)c2ccc(-c3ccc(F)cc3)o2)c1. The predicted octanol–water partition coefficient (Wildman–Crippen LogP) is 5.06. The monoisotopic (exact) mass is 327 g/mol. The molecule has 3 rings (SSSR count). The lowest BCUT2D eigenvalue weighted by molar-refractivity contribution is 0.0997. The normalized spacial score (nSPS) is 10.5. The number of rotatable bonds is 4. The third-order valence-corrected chi connectivity index (χ3v) is 4.01. The zero-order chi connectivity index (χ0) is 16.2. The van der Waals surface area contributed by atoms with E-state index < -0.39 is 0 Å². The lowest BCUT2D eigenvalue weighted by Crippen LogP contribution is -2.10. The summed E-state index contributed by atoms with van der Waals surface area (Å²) in [5, 5.41) is 2.80. The lowest BCUT2D eigenvalue weighted by Gasteiger charge is -2.04. The highest BCUT2D eigenvalue weighted by Crippen LogP contribution is 2.24. The van der Waals surface area contributed by atoms with E-state index in [2.05, 4.69) is 5.32 Å². The molecule has 3 nitrogen and oxygen atoms in total. The van der Waals surface area contributed by atoms with Crippen LogP contribution in [0.4, 0.5) is 10.1 Å². The first-order valence-corrected chi connectivity index (χ1v) is 8.19. The van der Waals surface area contributed by atoms with E-state index >= 15 is 0 Å². The van der Waals surface area contributed by atoms with Crippen molar-refractivity contribution in [3.63, 3.8) is 0 Å². The largest absolute Gasteiger partial charge is 0.451 e. The Bertz CT molecular complexity index is 827. The molecule has 1 amide bonds. The Morgan fingerprint density at radius 2 is 1.87 bits per heavy atom. The van der Waals surface area contributed by atoms with E-state index in [0.29, 0.717) is 11.4 Å². The molecule has 0 radical (unpaired) electrons. The van der Waals surface area contributed by atoms with Crippen molar-refractivity contribution in [1.82, 2.24) is 0 Å². The molecular formula is C18H14FNO2S. The number of anilines is 1. The Morgan fingerprint density at radius 3 is 2.61 bits per heavy atom. The molecule has 1 aromatic heterocycles. The highest BCUT2D eigenvalue weighted by atomic mass is 32.2. The number of thioether (sulfide) groups is 1. The second-order valence-corrected chi connectivity index (χ2v) is 5.74. The first-order chi connectivity index (χ1) is 11.2. The summed E-state index contributed by atoms with van der Waals surface area (Å²) in [6, 6.07) is 16.8. The summed E-state index contributed by atoms with van der Waals surface area (Å²) in [7, 11) is 0. The number of amides is 1. The maximum absolute atomic E-state index is 12.9. The molecule has 0 bridgehead atoms. The van der Waals surface area contributed by atoms with Crippen LogP contribution in [0.3, 0.4) is 0 Å². The maximum atomic E-state index is 12.9. The number of hydrogen-bond acceptors (Lipinski definition) is 3. The zero-order valence-corrected chi connectivity index (χ0v) is 13.2. The first-order valence-electron chi connectivity index (χ1n) is 6.97. The van der Waals surface area contributed by atoms with Crippen LogP contribution in [0.15, 0.2) is 70.0 Å². The molecule has 0 spiro atoms. The highest BCUT2D eigenvalue weighted by Gasteiger charge is 2.12. The Balaban J connectivity index is 1.76. The summed E-state index contributed by atoms with van der Waals surface area (Å²) < 4.78 is 18.5. The number of benzene rings is 2. The van der Waals surface area contributed by atoms with Gasteiger partial charge < -0.3 is 9.73 Å². The fraction of sp³-hybridized carbons (Fsp3) is 0.0556. The molecule has 1 N–H and O–H groups in total. The number of halogens is 1. The standard InChI is InChI=1S/C18H14FNO2S/c1-23-15-4-2-3-14(11-15)20-18(21)17-10-9-16(22-17)12-5-7-13(19)8-6-12/h2-11H,1H3,(H,20,21). The molecule has 2 aromatic carbocycles. The Kier molecular flexibility index (Phi) is 4.48. The molecule has 23 heavy (non-hydrogen) atoms. The summed E-state index contributed by atoms with van der Waals surface area (Å²) >= 11 is 1.60. The van der Waals surface area contributed by atoms with Crippen LogP contribution < -0.4 is 5.32 Å². The molecule has 116 valence electrons. The average molecular weight is 327 g/mol. The first kappa shape index (κ1) is 15.4. The summed E-state index contributed by atoms with van der Waals surface area (Å²) in [6.07, 6.45) is 1.97. The van der Waals surface area contributed by atoms with Crippen LogP contribution in [0.1, 0.15) is 10.6 Å². The van der Waals surface area contributed by atoms with E-state index in [1.807, 2.05) is 30.5 Å². The van der Waals surface area contributed by atoms with Gasteiger partial charge in [0.05, 0.1) is 0 Å². The molecule has 0 fully saturated rings. The van der Waals surface area contributed by atoms with Crippen molar-refractivity contribution < 1.29 is 13.6 Å². The Labute approximate surface area is 137 Å². The summed E-state index contributed by atoms with van der Waals surface area (Å²) in [6.45, 7) is 0. The Hall–Kier alpha value is -2.53. The third-order valence-electron chi connectivity index (χ3n) is 3.29. The molecule has 3 aromatic rings. The minimum absolute atomic E-state index is 0.207. The van der Waals surface area contributed by atoms with Gasteiger partial charge in [-0.3, -0.25) is 4.79 Å². The predicted molar refractivity (Wildman–Crippen MR) is 90.3 cm³/mol. The van der Waals surface area contributed by atoms with Crippen molar-refractivity contribution in [2.24, 2.45) is 0 Å². The van der Waals surface area contributed by atoms with E-state index in [9.17, 15) is 9.18 Å². The van der Waals surface area contributed by atoms with Gasteiger partial charge in [0.25, 0.3) is 5.91 Å². The van der Waals surface area contributed by atoms with E-state index in [1.54, 1.807) is 36.0 Å². The minimum Gasteiger partial charge on any atom is -0.451 e. The summed E-state index contributed by atoms with van der Waals surface area (Å²) in [5.41, 5.74) is 1.43. The van der Waals surface area contributed by atoms with Crippen LogP contribution in [0, 0.1) is 5.82 Å². The van der Waals surface area contributed by atoms with E-state index in [-0.39, 0.29) is 17.5 Å². The summed E-state index contributed by atoms with van der Waals surface area (Å²) in [5.74, 6) is 0.0930. The average Bonchev–Trinajstić information content (AvgIpc) is 3.06. The lowest BCUT2D eigenvalue weighted by atomic mass is 10.2. The van der Waals surface area contributed by atoms with Gasteiger partial charge in [-0.1, -0.05) is 6.07 Å². The van der Waals surface area contributed by atoms with Crippen molar-refractivity contribution in [1.29, 1.82) is 0 Å². The quantitative estimate of drug-likeness (QED) is 0.681. The van der Waals surface area contributed by atoms with Gasteiger partial charge in [0.2, 0.25) is 0 Å². The van der Waals surface area contributed by atoms with Crippen molar-refractivity contribution in [3.05, 3.63) is 72.2 Å². The number of furan rings is 1. The van der Waals surface area contributed by atoms with Gasteiger partial charge >= 0.3 is 0 Å². The van der Waals surface area contributed by atoms with Gasteiger partial charge in [-0.15, -0.1) is 11.8 Å². The van der Waals surface area contributed by atoms with Crippen LogP contribution >= 0.6 is 11.8 Å². The number of hydrogen-bond donors (Lipinski definition) is 1. The van der Waals surface area contributed by atoms with Gasteiger partial charge in [-0.05, 0) is 60.9 Å². The third kappa shape index (κ3) is 3.63. The molecule has 0 aliphatic carbocycles. The molecule has 0 saturated heterocycles. The van der Waals surface area contributed by atoms with Crippen LogP contribution in [-0.4, -0.2) is 12.2 Å². The minimum atomic E-state index is -0.323. The van der Waals surface area contributed by atoms with Crippen LogP contribution in [-0.2, 0) is 0 Å². The van der Waals surface area contributed by atoms with Crippen LogP contribution in [0.2, 0.25) is 0 Å². The number of nitrogens with one attached hydrogen (secondary N) is 1. The highest BCUT2D eigenvalue weighted by molar-refractivity contribution is 7.98. The Morgan fingerprint density at radius 1 is 1.09 bits per heavy atom. The van der Waals surface area contributed by atoms with Crippen LogP contribution in [0.25, 0.3) is 11.3 Å². The van der Waals surface area contributed by atoms with E-state index in [1.165, 1.54) is 12.1 Å². The van der Waals surface area contributed by atoms with Gasteiger partial charge in [0, 0.05) is 16.1 Å². The molecule has 5 heteroatoms. The van der Waals surface area contributed by atoms with Crippen molar-refractivity contribution >= 4 is 23.4 Å². The zero-order valence-electron chi connectivity index (χ0n) is 12.4. The summed E-state index contributed by atoms with van der Waals surface area (Å²) in [4.78, 5) is 13.3. The molecule has 0 saturated carbocycles. The van der Waals surface area contributed by atoms with Crippen LogP contribution in [0.5, 0.6) is 0 Å². The maximum Gasteiger partial charge on any atom is 0.291 e. The fourth-order valence-corrected chi connectivity index (χ4v) is 2.58. The molecule has 0 aliphatic heterocycles. The van der Waals surface area contributed by atoms with Gasteiger partial charge in [0.1, 0.15) is 11.6 Å². The molecule has 1 heterocycles. The van der Waals surface area contributed by atoms with Crippen molar-refractivity contribution in [3.8, 4) is 11.3 Å². The van der Waals surface area contributed by atoms with Gasteiger partial charge in [-0.2, -0.15) is 0 Å². The second-order valence-electron chi connectivity index (χ2n) is 4.86. The topological polar surface area (TPSA) is 42.2 Å². The number of carbonyl (C=O) groups excluding carboxylic acids is 1. The van der Waals surface area contributed by atoms with E-state index in [4.69, 9.17) is 4.42 Å². The number of carbonyl (C=O) groups is 1. The smallest absolute Gasteiger partial charge is 0.291 e. The molecule has 0 atom stereocenters. The van der Waals surface area contributed by atoms with Gasteiger partial charge in [-0.25, -0.2) is 4.39 Å². The molecule has 0 aliphatic rings. The fourth-order valence-electron chi connectivity index (χ4n) is 2.12. The second kappa shape index (κ2) is 6.71. The van der Waals surface area contributed by atoms with Crippen molar-refractivity contribution in [2.75, 3.05) is 11.6 Å².